The van der Waals surface area contributed by atoms with Crippen molar-refractivity contribution < 1.29 is 9.47 Å². The summed E-state index contributed by atoms with van der Waals surface area (Å²) in [6.45, 7) is 5.45. The molecule has 0 saturated carbocycles. The number of hydrogen-bond donors (Lipinski definition) is 0. The topological polar surface area (TPSA) is 62.1 Å². The number of rotatable bonds is 0. The van der Waals surface area contributed by atoms with E-state index in [-0.39, 0.29) is 5.54 Å². The summed E-state index contributed by atoms with van der Waals surface area (Å²) in [7, 11) is 0. The van der Waals surface area contributed by atoms with Crippen LogP contribution in [-0.4, -0.2) is 39.2 Å². The first-order valence-electron chi connectivity index (χ1n) is 5.71. The molecule has 0 aromatic carbocycles. The lowest BCUT2D eigenvalue weighted by molar-refractivity contribution is -0.225. The van der Waals surface area contributed by atoms with Crippen molar-refractivity contribution in [2.24, 2.45) is 0 Å². The van der Waals surface area contributed by atoms with Crippen molar-refractivity contribution in [1.29, 1.82) is 0 Å². The van der Waals surface area contributed by atoms with Crippen LogP contribution in [0.25, 0.3) is 0 Å². The van der Waals surface area contributed by atoms with Gasteiger partial charge < -0.3 is 9.47 Å². The first-order chi connectivity index (χ1) is 7.66. The van der Waals surface area contributed by atoms with Gasteiger partial charge in [-0.3, -0.25) is 0 Å². The molecule has 6 nitrogen and oxygen atoms in total. The van der Waals surface area contributed by atoms with Crippen molar-refractivity contribution in [2.75, 3.05) is 13.2 Å². The van der Waals surface area contributed by atoms with Crippen molar-refractivity contribution in [3.05, 3.63) is 5.82 Å². The highest BCUT2D eigenvalue weighted by Crippen LogP contribution is 2.42. The summed E-state index contributed by atoms with van der Waals surface area (Å²) in [6.07, 6.45) is 2.75. The van der Waals surface area contributed by atoms with Crippen LogP contribution >= 0.6 is 0 Å². The Morgan fingerprint density at radius 2 is 2.00 bits per heavy atom. The van der Waals surface area contributed by atoms with E-state index < -0.39 is 5.79 Å². The lowest BCUT2D eigenvalue weighted by Gasteiger charge is -2.40. The highest BCUT2D eigenvalue weighted by molar-refractivity contribution is 5.02. The van der Waals surface area contributed by atoms with Gasteiger partial charge in [0.2, 0.25) is 0 Å². The summed E-state index contributed by atoms with van der Waals surface area (Å²) in [5.41, 5.74) is -0.362. The largest absolute Gasteiger partial charge is 0.345 e. The first-order valence-corrected chi connectivity index (χ1v) is 5.71. The lowest BCUT2D eigenvalue weighted by Crippen LogP contribution is -2.52. The fourth-order valence-electron chi connectivity index (χ4n) is 2.69. The Bertz CT molecular complexity index is 395. The fourth-order valence-corrected chi connectivity index (χ4v) is 2.69. The Balaban J connectivity index is 2.10. The maximum atomic E-state index is 5.86. The number of hydrogen-bond acceptors (Lipinski definition) is 5. The summed E-state index contributed by atoms with van der Waals surface area (Å²) >= 11 is 0. The molecule has 2 aliphatic rings. The van der Waals surface area contributed by atoms with Crippen molar-refractivity contribution in [2.45, 2.75) is 44.4 Å². The minimum atomic E-state index is -0.562. The fraction of sp³-hybridized carbons (Fsp3) is 0.900. The monoisotopic (exact) mass is 224 g/mol. The third-order valence-corrected chi connectivity index (χ3v) is 3.66. The molecule has 1 spiro atoms. The van der Waals surface area contributed by atoms with E-state index in [2.05, 4.69) is 29.4 Å². The lowest BCUT2D eigenvalue weighted by atomic mass is 9.90. The molecule has 0 unspecified atom stereocenters. The van der Waals surface area contributed by atoms with E-state index in [4.69, 9.17) is 9.47 Å². The van der Waals surface area contributed by atoms with Gasteiger partial charge in [0.05, 0.1) is 13.2 Å². The normalized spacial score (nSPS) is 26.6. The molecule has 0 N–H and O–H groups in total. The molecule has 1 aromatic heterocycles. The molecule has 2 aliphatic heterocycles. The molecular formula is C10H16N4O2. The van der Waals surface area contributed by atoms with E-state index >= 15 is 0 Å². The number of aryl methyl sites for hydroxylation is 1. The van der Waals surface area contributed by atoms with Gasteiger partial charge >= 0.3 is 0 Å². The first kappa shape index (κ1) is 10.2. The number of nitrogens with zero attached hydrogens (tertiary/aromatic N) is 4. The quantitative estimate of drug-likeness (QED) is 0.641. The summed E-state index contributed by atoms with van der Waals surface area (Å²) in [6, 6.07) is 0. The van der Waals surface area contributed by atoms with Crippen LogP contribution in [0.5, 0.6) is 0 Å². The average molecular weight is 224 g/mol. The second-order valence-electron chi connectivity index (χ2n) is 4.87. The molecule has 88 valence electrons. The molecular weight excluding hydrogens is 208 g/mol. The Kier molecular flexibility index (Phi) is 2.06. The number of aromatic nitrogens is 4. The van der Waals surface area contributed by atoms with Gasteiger partial charge in [-0.2, -0.15) is 0 Å². The van der Waals surface area contributed by atoms with E-state index in [1.165, 1.54) is 0 Å². The molecule has 0 aliphatic carbocycles. The van der Waals surface area contributed by atoms with Gasteiger partial charge in [-0.25, -0.2) is 4.68 Å². The Morgan fingerprint density at radius 3 is 2.75 bits per heavy atom. The molecule has 0 radical (unpaired) electrons. The third-order valence-electron chi connectivity index (χ3n) is 3.66. The third kappa shape index (κ3) is 1.17. The van der Waals surface area contributed by atoms with Gasteiger partial charge in [-0.05, 0) is 30.7 Å². The smallest absolute Gasteiger partial charge is 0.193 e. The van der Waals surface area contributed by atoms with Crippen LogP contribution in [0.1, 0.15) is 32.5 Å². The molecule has 16 heavy (non-hydrogen) atoms. The molecule has 0 bridgehead atoms. The Morgan fingerprint density at radius 1 is 1.25 bits per heavy atom. The molecule has 3 heterocycles. The second kappa shape index (κ2) is 3.24. The van der Waals surface area contributed by atoms with Gasteiger partial charge in [0.25, 0.3) is 0 Å². The summed E-state index contributed by atoms with van der Waals surface area (Å²) in [4.78, 5) is 0. The van der Waals surface area contributed by atoms with E-state index in [0.29, 0.717) is 13.2 Å². The highest BCUT2D eigenvalue weighted by atomic mass is 16.7. The van der Waals surface area contributed by atoms with Crippen molar-refractivity contribution in [3.8, 4) is 0 Å². The zero-order valence-corrected chi connectivity index (χ0v) is 9.64. The predicted molar refractivity (Wildman–Crippen MR) is 54.7 cm³/mol. The van der Waals surface area contributed by atoms with Gasteiger partial charge in [-0.1, -0.05) is 0 Å². The van der Waals surface area contributed by atoms with Crippen LogP contribution in [0.4, 0.5) is 0 Å². The van der Waals surface area contributed by atoms with Gasteiger partial charge in [0, 0.05) is 12.8 Å². The summed E-state index contributed by atoms with van der Waals surface area (Å²) < 4.78 is 13.6. The number of tetrazole rings is 1. The molecule has 3 rings (SSSR count). The standard InChI is InChI=1S/C10H16N4O2/c1-9(2)10(15-6-7-16-10)5-3-4-8-11-12-13-14(8)9/h3-7H2,1-2H3. The maximum absolute atomic E-state index is 5.86. The van der Waals surface area contributed by atoms with E-state index in [1.54, 1.807) is 0 Å². The molecule has 6 heteroatoms. The van der Waals surface area contributed by atoms with Crippen LogP contribution in [-0.2, 0) is 21.4 Å². The summed E-state index contributed by atoms with van der Waals surface area (Å²) in [5.74, 6) is 0.356. The average Bonchev–Trinajstić information content (AvgIpc) is 2.84. The number of ether oxygens (including phenoxy) is 2. The zero-order valence-electron chi connectivity index (χ0n) is 9.64. The van der Waals surface area contributed by atoms with Gasteiger partial charge in [0.15, 0.2) is 11.6 Å². The van der Waals surface area contributed by atoms with Gasteiger partial charge in [-0.15, -0.1) is 5.10 Å². The maximum Gasteiger partial charge on any atom is 0.193 e. The molecule has 1 saturated heterocycles. The van der Waals surface area contributed by atoms with Crippen molar-refractivity contribution in [1.82, 2.24) is 20.2 Å². The predicted octanol–water partition coefficient (Wildman–Crippen LogP) is 0.488. The Hall–Kier alpha value is -1.01. The van der Waals surface area contributed by atoms with Crippen molar-refractivity contribution >= 4 is 0 Å². The molecule has 0 atom stereocenters. The van der Waals surface area contributed by atoms with Crippen LogP contribution in [0, 0.1) is 0 Å². The van der Waals surface area contributed by atoms with Crippen molar-refractivity contribution in [3.63, 3.8) is 0 Å². The van der Waals surface area contributed by atoms with Crippen LogP contribution < -0.4 is 0 Å². The van der Waals surface area contributed by atoms with Crippen LogP contribution in [0.2, 0.25) is 0 Å². The van der Waals surface area contributed by atoms with Crippen LogP contribution in [0.3, 0.4) is 0 Å². The van der Waals surface area contributed by atoms with E-state index in [0.717, 1.165) is 25.1 Å². The number of fused-ring (bicyclic) bond motifs is 1. The van der Waals surface area contributed by atoms with E-state index in [9.17, 15) is 0 Å². The van der Waals surface area contributed by atoms with E-state index in [1.807, 2.05) is 4.68 Å². The summed E-state index contributed by atoms with van der Waals surface area (Å²) in [5, 5.41) is 11.9. The highest BCUT2D eigenvalue weighted by Gasteiger charge is 2.53. The minimum absolute atomic E-state index is 0.362. The zero-order chi connectivity index (χ0) is 11.2. The van der Waals surface area contributed by atoms with Gasteiger partial charge in [0.1, 0.15) is 5.54 Å². The second-order valence-corrected chi connectivity index (χ2v) is 4.87. The molecule has 1 fully saturated rings. The minimum Gasteiger partial charge on any atom is -0.345 e. The SMILES string of the molecule is CC1(C)n2nnnc2CCCC12OCCO2. The Labute approximate surface area is 93.9 Å². The molecule has 1 aromatic rings. The molecule has 0 amide bonds. The van der Waals surface area contributed by atoms with Crippen LogP contribution in [0.15, 0.2) is 0 Å².